The van der Waals surface area contributed by atoms with Crippen molar-refractivity contribution in [3.8, 4) is 0 Å². The summed E-state index contributed by atoms with van der Waals surface area (Å²) >= 11 is 1.78. The second kappa shape index (κ2) is 9.92. The van der Waals surface area contributed by atoms with Crippen molar-refractivity contribution in [3.05, 3.63) is 72.7 Å². The van der Waals surface area contributed by atoms with E-state index < -0.39 is 11.7 Å². The van der Waals surface area contributed by atoms with Crippen LogP contribution in [0.15, 0.2) is 76.2 Å². The van der Waals surface area contributed by atoms with E-state index in [2.05, 4.69) is 10.3 Å². The van der Waals surface area contributed by atoms with Gasteiger partial charge in [-0.2, -0.15) is 8.78 Å². The molecule has 164 valence electrons. The van der Waals surface area contributed by atoms with Crippen LogP contribution in [-0.2, 0) is 4.79 Å². The van der Waals surface area contributed by atoms with Crippen molar-refractivity contribution in [2.24, 2.45) is 0 Å². The third kappa shape index (κ3) is 5.14. The molecule has 0 aliphatic heterocycles. The van der Waals surface area contributed by atoms with Crippen molar-refractivity contribution < 1.29 is 22.8 Å². The molecule has 4 rings (SSSR count). The minimum atomic E-state index is -2.53. The number of benzene rings is 2. The number of nitrogens with zero attached hydrogens (tertiary/aromatic N) is 2. The Morgan fingerprint density at radius 1 is 1.09 bits per heavy atom. The molecular weight excluding hydrogens is 456 g/mol. The average Bonchev–Trinajstić information content (AvgIpc) is 3.45. The normalized spacial score (nSPS) is 11.1. The lowest BCUT2D eigenvalue weighted by atomic mass is 10.2. The first-order valence-corrected chi connectivity index (χ1v) is 11.3. The minimum absolute atomic E-state index is 0.00983. The number of carbonyl (C=O) groups excluding carboxylic acids is 2. The molecule has 0 unspecified atom stereocenters. The second-order valence-electron chi connectivity index (χ2n) is 6.55. The number of carbonyl (C=O) groups is 2. The molecule has 1 N–H and O–H groups in total. The van der Waals surface area contributed by atoms with Crippen LogP contribution in [0, 0.1) is 0 Å². The molecule has 0 saturated heterocycles. The van der Waals surface area contributed by atoms with Gasteiger partial charge in [0.05, 0.1) is 22.2 Å². The Hall–Kier alpha value is -3.24. The number of amides is 2. The van der Waals surface area contributed by atoms with Crippen LogP contribution >= 0.6 is 23.1 Å². The summed E-state index contributed by atoms with van der Waals surface area (Å²) in [5, 5.41) is 3.11. The van der Waals surface area contributed by atoms with E-state index >= 15 is 0 Å². The van der Waals surface area contributed by atoms with Crippen molar-refractivity contribution in [1.29, 1.82) is 0 Å². The molecule has 0 aliphatic rings. The van der Waals surface area contributed by atoms with Gasteiger partial charge in [-0.15, -0.1) is 0 Å². The molecule has 0 radical (unpaired) electrons. The third-order valence-electron chi connectivity index (χ3n) is 4.41. The highest BCUT2D eigenvalue weighted by molar-refractivity contribution is 7.99. The van der Waals surface area contributed by atoms with Gasteiger partial charge in [0.15, 0.2) is 10.9 Å². The number of anilines is 2. The topological polar surface area (TPSA) is 75.4 Å². The van der Waals surface area contributed by atoms with Gasteiger partial charge in [-0.1, -0.05) is 35.2 Å². The molecule has 10 heteroatoms. The Morgan fingerprint density at radius 3 is 2.56 bits per heavy atom. The van der Waals surface area contributed by atoms with Crippen LogP contribution in [-0.4, -0.2) is 29.1 Å². The number of nitrogens with one attached hydrogen (secondary N) is 1. The predicted octanol–water partition coefficient (Wildman–Crippen LogP) is 5.69. The predicted molar refractivity (Wildman–Crippen MR) is 121 cm³/mol. The summed E-state index contributed by atoms with van der Waals surface area (Å²) in [6.07, 6.45) is 1.40. The molecular formula is C22H17F2N3O3S2. The van der Waals surface area contributed by atoms with Gasteiger partial charge in [0.2, 0.25) is 5.91 Å². The average molecular weight is 474 g/mol. The molecule has 2 amide bonds. The van der Waals surface area contributed by atoms with Crippen LogP contribution < -0.4 is 10.2 Å². The highest BCUT2D eigenvalue weighted by atomic mass is 32.2. The number of aromatic nitrogens is 1. The van der Waals surface area contributed by atoms with E-state index in [4.69, 9.17) is 4.42 Å². The first-order valence-electron chi connectivity index (χ1n) is 9.56. The Morgan fingerprint density at radius 2 is 1.88 bits per heavy atom. The maximum absolute atomic E-state index is 13.1. The highest BCUT2D eigenvalue weighted by Crippen LogP contribution is 2.35. The van der Waals surface area contributed by atoms with Crippen molar-refractivity contribution in [1.82, 2.24) is 10.3 Å². The lowest BCUT2D eigenvalue weighted by Crippen LogP contribution is -2.31. The van der Waals surface area contributed by atoms with Gasteiger partial charge in [0.1, 0.15) is 0 Å². The van der Waals surface area contributed by atoms with Gasteiger partial charge >= 0.3 is 0 Å². The molecule has 6 nitrogen and oxygen atoms in total. The number of para-hydroxylation sites is 1. The second-order valence-corrected chi connectivity index (χ2v) is 8.62. The summed E-state index contributed by atoms with van der Waals surface area (Å²) < 4.78 is 31.2. The maximum atomic E-state index is 13.1. The summed E-state index contributed by atoms with van der Waals surface area (Å²) in [6, 6.07) is 16.9. The SMILES string of the molecule is O=C(NCCC(=O)N(c1ccc(SC(F)F)cc1)c1nc2ccccc2s1)c1ccco1. The number of hydrogen-bond donors (Lipinski definition) is 1. The molecule has 2 aromatic heterocycles. The lowest BCUT2D eigenvalue weighted by molar-refractivity contribution is -0.117. The van der Waals surface area contributed by atoms with Gasteiger partial charge in [-0.05, 0) is 48.5 Å². The summed E-state index contributed by atoms with van der Waals surface area (Å²) in [5.41, 5.74) is 1.26. The monoisotopic (exact) mass is 473 g/mol. The fourth-order valence-corrected chi connectivity index (χ4v) is 4.49. The molecule has 0 spiro atoms. The van der Waals surface area contributed by atoms with Gasteiger partial charge in [-0.25, -0.2) is 4.98 Å². The van der Waals surface area contributed by atoms with Crippen molar-refractivity contribution >= 4 is 55.9 Å². The zero-order valence-electron chi connectivity index (χ0n) is 16.5. The number of hydrogen-bond acceptors (Lipinski definition) is 6. The summed E-state index contributed by atoms with van der Waals surface area (Å²) in [4.78, 5) is 31.6. The van der Waals surface area contributed by atoms with E-state index in [0.29, 0.717) is 27.5 Å². The van der Waals surface area contributed by atoms with E-state index in [1.54, 1.807) is 30.3 Å². The van der Waals surface area contributed by atoms with Crippen LogP contribution in [0.3, 0.4) is 0 Å². The number of furan rings is 1. The van der Waals surface area contributed by atoms with E-state index in [1.165, 1.54) is 28.6 Å². The summed E-state index contributed by atoms with van der Waals surface area (Å²) in [5.74, 6) is -3.08. The van der Waals surface area contributed by atoms with Crippen LogP contribution in [0.25, 0.3) is 10.2 Å². The molecule has 0 bridgehead atoms. The molecule has 0 fully saturated rings. The summed E-state index contributed by atoms with van der Waals surface area (Å²) in [6.45, 7) is 0.0963. The molecule has 0 atom stereocenters. The largest absolute Gasteiger partial charge is 0.459 e. The quantitative estimate of drug-likeness (QED) is 0.333. The van der Waals surface area contributed by atoms with Crippen molar-refractivity contribution in [2.75, 3.05) is 11.4 Å². The fraction of sp³-hybridized carbons (Fsp3) is 0.136. The van der Waals surface area contributed by atoms with Crippen LogP contribution in [0.5, 0.6) is 0 Å². The van der Waals surface area contributed by atoms with Crippen LogP contribution in [0.4, 0.5) is 19.6 Å². The Labute approximate surface area is 190 Å². The number of rotatable bonds is 8. The number of halogens is 2. The Kier molecular flexibility index (Phi) is 6.81. The Balaban J connectivity index is 1.55. The third-order valence-corrected chi connectivity index (χ3v) is 6.16. The van der Waals surface area contributed by atoms with Gasteiger partial charge < -0.3 is 9.73 Å². The van der Waals surface area contributed by atoms with Crippen LogP contribution in [0.1, 0.15) is 17.0 Å². The minimum Gasteiger partial charge on any atom is -0.459 e. The molecule has 0 aliphatic carbocycles. The number of fused-ring (bicyclic) bond motifs is 1. The van der Waals surface area contributed by atoms with Gasteiger partial charge in [-0.3, -0.25) is 14.5 Å². The molecule has 32 heavy (non-hydrogen) atoms. The van der Waals surface area contributed by atoms with E-state index in [1.807, 2.05) is 24.3 Å². The van der Waals surface area contributed by atoms with E-state index in [0.717, 1.165) is 10.2 Å². The molecule has 2 heterocycles. The fourth-order valence-electron chi connectivity index (χ4n) is 2.98. The first kappa shape index (κ1) is 22.0. The van der Waals surface area contributed by atoms with Crippen molar-refractivity contribution in [3.63, 3.8) is 0 Å². The number of thioether (sulfide) groups is 1. The maximum Gasteiger partial charge on any atom is 0.288 e. The number of alkyl halides is 2. The summed E-state index contributed by atoms with van der Waals surface area (Å²) in [7, 11) is 0. The molecule has 2 aromatic carbocycles. The zero-order chi connectivity index (χ0) is 22.5. The van der Waals surface area contributed by atoms with Gasteiger partial charge in [0.25, 0.3) is 11.7 Å². The molecule has 4 aromatic rings. The number of thiazole rings is 1. The van der Waals surface area contributed by atoms with E-state index in [9.17, 15) is 18.4 Å². The Bertz CT molecular complexity index is 1180. The van der Waals surface area contributed by atoms with E-state index in [-0.39, 0.29) is 24.6 Å². The van der Waals surface area contributed by atoms with Gasteiger partial charge in [0, 0.05) is 17.9 Å². The first-order chi connectivity index (χ1) is 15.5. The standard InChI is InChI=1S/C22H17F2N3O3S2/c23-21(24)31-15-9-7-14(8-10-15)27(22-26-16-4-1-2-6-18(16)32-22)19(28)11-12-25-20(29)17-5-3-13-30-17/h1-10,13,21H,11-12H2,(H,25,29). The molecule has 0 saturated carbocycles. The smallest absolute Gasteiger partial charge is 0.288 e. The highest BCUT2D eigenvalue weighted by Gasteiger charge is 2.22. The zero-order valence-corrected chi connectivity index (χ0v) is 18.2. The lowest BCUT2D eigenvalue weighted by Gasteiger charge is -2.20. The van der Waals surface area contributed by atoms with Crippen molar-refractivity contribution in [2.45, 2.75) is 17.1 Å². The van der Waals surface area contributed by atoms with Crippen LogP contribution in [0.2, 0.25) is 0 Å².